The maximum absolute atomic E-state index is 11.8. The summed E-state index contributed by atoms with van der Waals surface area (Å²) in [5.41, 5.74) is 1.47. The molecule has 0 saturated heterocycles. The van der Waals surface area contributed by atoms with Crippen molar-refractivity contribution in [1.29, 1.82) is 0 Å². The van der Waals surface area contributed by atoms with Gasteiger partial charge in [-0.3, -0.25) is 13.5 Å². The zero-order valence-corrected chi connectivity index (χ0v) is 11.6. The number of carbonyl (C=O) groups excluding carboxylic acids is 1. The van der Waals surface area contributed by atoms with Gasteiger partial charge < -0.3 is 0 Å². The van der Waals surface area contributed by atoms with E-state index in [4.69, 9.17) is 4.55 Å². The molecule has 2 aromatic rings. The topological polar surface area (TPSA) is 80.7 Å². The zero-order valence-electron chi connectivity index (χ0n) is 10.8. The number of carbonyl (C=O) groups is 1. The molecule has 0 aliphatic carbocycles. The molecule has 0 amide bonds. The molecule has 0 fully saturated rings. The fraction of sp³-hybridized carbons (Fsp3) is 0.0714. The summed E-state index contributed by atoms with van der Waals surface area (Å²) in [6.45, 7) is 0. The van der Waals surface area contributed by atoms with Crippen LogP contribution in [0.5, 0.6) is 0 Å². The maximum atomic E-state index is 11.8. The van der Waals surface area contributed by atoms with Gasteiger partial charge in [-0.15, -0.1) is 0 Å². The third kappa shape index (κ3) is 8.11. The van der Waals surface area contributed by atoms with Crippen LogP contribution in [0, 0.1) is 0 Å². The third-order valence-electron chi connectivity index (χ3n) is 2.28. The SMILES string of the molecule is COS(=O)(=O)O.O=C(c1ccccc1)c1ccccc1.[NaH]. The van der Waals surface area contributed by atoms with Gasteiger partial charge in [0.15, 0.2) is 5.78 Å². The number of rotatable bonds is 3. The minimum atomic E-state index is -4.16. The average molecular weight is 318 g/mol. The standard InChI is InChI=1S/C13H10O.CH4O4S.Na.H/c14-13(11-7-3-1-4-8-11)12-9-5-2-6-10-12;1-5-6(2,3)4;;/h1-10H;1H3,(H,2,3,4);;. The molecule has 0 heterocycles. The molecular formula is C14H15NaO5S. The minimum absolute atomic E-state index is 0. The van der Waals surface area contributed by atoms with Gasteiger partial charge in [0.25, 0.3) is 0 Å². The van der Waals surface area contributed by atoms with Gasteiger partial charge in [0.2, 0.25) is 0 Å². The Balaban J connectivity index is 0.000000495. The summed E-state index contributed by atoms with van der Waals surface area (Å²) in [6.07, 6.45) is 0. The van der Waals surface area contributed by atoms with Crippen molar-refractivity contribution in [3.05, 3.63) is 71.8 Å². The van der Waals surface area contributed by atoms with E-state index >= 15 is 0 Å². The Morgan fingerprint density at radius 3 is 1.43 bits per heavy atom. The molecule has 2 rings (SSSR count). The van der Waals surface area contributed by atoms with Crippen LogP contribution in [0.3, 0.4) is 0 Å². The van der Waals surface area contributed by atoms with Gasteiger partial charge in [-0.2, -0.15) is 8.42 Å². The quantitative estimate of drug-likeness (QED) is 0.529. The summed E-state index contributed by atoms with van der Waals surface area (Å²) in [6, 6.07) is 18.6. The molecule has 0 saturated carbocycles. The van der Waals surface area contributed by atoms with Crippen LogP contribution in [-0.2, 0) is 14.6 Å². The third-order valence-corrected chi connectivity index (χ3v) is 2.70. The number of ketones is 1. The number of benzene rings is 2. The first-order chi connectivity index (χ1) is 9.44. The second-order valence-corrected chi connectivity index (χ2v) is 4.84. The first-order valence-electron chi connectivity index (χ1n) is 5.62. The van der Waals surface area contributed by atoms with E-state index in [1.807, 2.05) is 60.7 Å². The van der Waals surface area contributed by atoms with Crippen molar-refractivity contribution < 1.29 is 21.9 Å². The van der Waals surface area contributed by atoms with Crippen LogP contribution in [0.4, 0.5) is 0 Å². The molecule has 21 heavy (non-hydrogen) atoms. The summed E-state index contributed by atoms with van der Waals surface area (Å²) in [4.78, 5) is 11.8. The van der Waals surface area contributed by atoms with Crippen LogP contribution < -0.4 is 0 Å². The second kappa shape index (κ2) is 9.83. The van der Waals surface area contributed by atoms with Crippen LogP contribution in [0.1, 0.15) is 15.9 Å². The Labute approximate surface area is 146 Å². The molecule has 0 atom stereocenters. The predicted molar refractivity (Wildman–Crippen MR) is 82.0 cm³/mol. The Bertz CT molecular complexity index is 600. The summed E-state index contributed by atoms with van der Waals surface area (Å²) in [5, 5.41) is 0. The van der Waals surface area contributed by atoms with Crippen molar-refractivity contribution in [3.8, 4) is 0 Å². The summed E-state index contributed by atoms with van der Waals surface area (Å²) in [5.74, 6) is 0.0752. The van der Waals surface area contributed by atoms with E-state index in [1.54, 1.807) is 0 Å². The van der Waals surface area contributed by atoms with E-state index in [0.29, 0.717) is 0 Å². The molecule has 0 spiro atoms. The Hall–Kier alpha value is -1.02. The van der Waals surface area contributed by atoms with Crippen LogP contribution in [0.15, 0.2) is 60.7 Å². The first kappa shape index (κ1) is 20.0. The fourth-order valence-electron chi connectivity index (χ4n) is 1.35. The van der Waals surface area contributed by atoms with Crippen molar-refractivity contribution in [3.63, 3.8) is 0 Å². The Morgan fingerprint density at radius 2 is 1.19 bits per heavy atom. The molecule has 0 bridgehead atoms. The average Bonchev–Trinajstić information content (AvgIpc) is 2.48. The van der Waals surface area contributed by atoms with Gasteiger partial charge in [-0.05, 0) is 0 Å². The Kier molecular flexibility index (Phi) is 9.36. The van der Waals surface area contributed by atoms with Gasteiger partial charge >= 0.3 is 40.0 Å². The van der Waals surface area contributed by atoms with Crippen molar-refractivity contribution in [1.82, 2.24) is 0 Å². The molecule has 5 nitrogen and oxygen atoms in total. The van der Waals surface area contributed by atoms with E-state index in [-0.39, 0.29) is 35.3 Å². The van der Waals surface area contributed by atoms with Crippen molar-refractivity contribution in [2.75, 3.05) is 7.11 Å². The van der Waals surface area contributed by atoms with E-state index < -0.39 is 10.4 Å². The molecule has 7 heteroatoms. The van der Waals surface area contributed by atoms with Gasteiger partial charge in [-0.25, -0.2) is 0 Å². The van der Waals surface area contributed by atoms with Gasteiger partial charge in [0.1, 0.15) is 0 Å². The van der Waals surface area contributed by atoms with E-state index in [2.05, 4.69) is 4.18 Å². The summed E-state index contributed by atoms with van der Waals surface area (Å²) >= 11 is 0. The Morgan fingerprint density at radius 1 is 0.905 bits per heavy atom. The molecule has 0 aliphatic rings. The van der Waals surface area contributed by atoms with Crippen LogP contribution in [-0.4, -0.2) is 55.4 Å². The number of hydrogen-bond acceptors (Lipinski definition) is 4. The second-order valence-electron chi connectivity index (χ2n) is 3.66. The molecule has 0 aromatic heterocycles. The molecule has 0 radical (unpaired) electrons. The van der Waals surface area contributed by atoms with E-state index in [0.717, 1.165) is 18.2 Å². The monoisotopic (exact) mass is 318 g/mol. The van der Waals surface area contributed by atoms with E-state index in [1.165, 1.54) is 0 Å². The summed E-state index contributed by atoms with van der Waals surface area (Å²) < 4.78 is 29.7. The molecule has 0 aliphatic heterocycles. The van der Waals surface area contributed by atoms with Crippen LogP contribution >= 0.6 is 0 Å². The molecule has 1 N–H and O–H groups in total. The van der Waals surface area contributed by atoms with Crippen molar-refractivity contribution >= 4 is 45.7 Å². The fourth-order valence-corrected chi connectivity index (χ4v) is 1.35. The normalized spacial score (nSPS) is 9.81. The number of hydrogen-bond donors (Lipinski definition) is 1. The van der Waals surface area contributed by atoms with Gasteiger partial charge in [0.05, 0.1) is 7.11 Å². The molecule has 108 valence electrons. The first-order valence-corrected chi connectivity index (χ1v) is 6.98. The predicted octanol–water partition coefficient (Wildman–Crippen LogP) is 1.70. The van der Waals surface area contributed by atoms with Crippen LogP contribution in [0.2, 0.25) is 0 Å². The summed E-state index contributed by atoms with van der Waals surface area (Å²) in [7, 11) is -3.29. The molecule has 0 unspecified atom stereocenters. The van der Waals surface area contributed by atoms with Gasteiger partial charge in [-0.1, -0.05) is 60.7 Å². The van der Waals surface area contributed by atoms with Crippen LogP contribution in [0.25, 0.3) is 0 Å². The van der Waals surface area contributed by atoms with Gasteiger partial charge in [0, 0.05) is 11.1 Å². The van der Waals surface area contributed by atoms with Crippen molar-refractivity contribution in [2.45, 2.75) is 0 Å². The molecule has 2 aromatic carbocycles. The van der Waals surface area contributed by atoms with Crippen molar-refractivity contribution in [2.24, 2.45) is 0 Å². The molecular weight excluding hydrogens is 303 g/mol. The zero-order chi connectivity index (χ0) is 15.0. The van der Waals surface area contributed by atoms with E-state index in [9.17, 15) is 13.2 Å².